The Bertz CT molecular complexity index is 1630. The zero-order chi connectivity index (χ0) is 34.1. The van der Waals surface area contributed by atoms with Crippen molar-refractivity contribution in [3.8, 4) is 39.9 Å². The number of carbonyl (C=O) groups excluding carboxylic acids is 2. The molecule has 3 aromatic rings. The number of aryl methyl sites for hydroxylation is 1. The summed E-state index contributed by atoms with van der Waals surface area (Å²) in [5.74, 6) is 2.25. The molecule has 0 aromatic heterocycles. The van der Waals surface area contributed by atoms with Gasteiger partial charge < -0.3 is 39.6 Å². The first-order valence-corrected chi connectivity index (χ1v) is 15.7. The van der Waals surface area contributed by atoms with Crippen LogP contribution in [0.25, 0.3) is 11.1 Å². The second-order valence-electron chi connectivity index (χ2n) is 11.4. The Labute approximate surface area is 275 Å². The van der Waals surface area contributed by atoms with E-state index in [9.17, 15) is 14.4 Å². The smallest absolute Gasteiger partial charge is 0.242 e. The molecule has 252 valence electrons. The Morgan fingerprint density at radius 3 is 2.23 bits per heavy atom. The van der Waals surface area contributed by atoms with Crippen LogP contribution in [0.5, 0.6) is 28.7 Å². The number of amides is 2. The molecule has 2 amide bonds. The molecule has 11 nitrogen and oxygen atoms in total. The fourth-order valence-electron chi connectivity index (χ4n) is 5.82. The maximum absolute atomic E-state index is 13.8. The van der Waals surface area contributed by atoms with Crippen LogP contribution in [0.4, 0.5) is 5.69 Å². The summed E-state index contributed by atoms with van der Waals surface area (Å²) in [5.41, 5.74) is 2.98. The van der Waals surface area contributed by atoms with Crippen molar-refractivity contribution >= 4 is 17.5 Å². The Kier molecular flexibility index (Phi) is 11.9. The number of methoxy groups -OCH3 is 4. The summed E-state index contributed by atoms with van der Waals surface area (Å²) in [7, 11) is 6.26. The molecule has 1 aliphatic rings. The second-order valence-corrected chi connectivity index (χ2v) is 11.4. The largest absolute Gasteiger partial charge is 0.497 e. The lowest BCUT2D eigenvalue weighted by molar-refractivity contribution is -0.123. The van der Waals surface area contributed by atoms with Crippen molar-refractivity contribution in [2.24, 2.45) is 5.92 Å². The lowest BCUT2D eigenvalue weighted by atomic mass is 9.95. The average molecular weight is 648 g/mol. The third-order valence-electron chi connectivity index (χ3n) is 8.45. The van der Waals surface area contributed by atoms with Crippen LogP contribution in [-0.4, -0.2) is 59.4 Å². The number of ether oxygens (including phenoxy) is 5. The molecule has 0 spiro atoms. The molecule has 3 aromatic carbocycles. The van der Waals surface area contributed by atoms with Gasteiger partial charge in [-0.2, -0.15) is 0 Å². The van der Waals surface area contributed by atoms with Crippen LogP contribution >= 0.6 is 0 Å². The highest BCUT2D eigenvalue weighted by atomic mass is 16.5. The van der Waals surface area contributed by atoms with Crippen LogP contribution in [-0.2, 0) is 16.0 Å². The standard InChI is InChI=1S/C36H45N3O8/c1-8-21(2)33(36(42)37-17-18-47-25-12-10-24(43-4)11-13-25)39-29-16-14-26-27(20-30(29)41)28(38-22(3)40)15-9-23-19-31(44-5)34(45-6)35(46-7)32(23)26/h10-14,16,19-21,28,33H,8-9,15,17-18H2,1-7H3,(H,37,42)(H,38,40)(H,39,41)/t21-,28+,33+/m1/s1. The number of benzene rings is 2. The predicted molar refractivity (Wildman–Crippen MR) is 181 cm³/mol. The van der Waals surface area contributed by atoms with Gasteiger partial charge in [0.15, 0.2) is 11.5 Å². The molecule has 4 rings (SSSR count). The van der Waals surface area contributed by atoms with Crippen molar-refractivity contribution in [1.82, 2.24) is 10.6 Å². The first-order valence-electron chi connectivity index (χ1n) is 15.7. The molecule has 11 heteroatoms. The van der Waals surface area contributed by atoms with Crippen LogP contribution in [0, 0.1) is 5.92 Å². The van der Waals surface area contributed by atoms with E-state index in [-0.39, 0.29) is 42.0 Å². The summed E-state index contributed by atoms with van der Waals surface area (Å²) < 4.78 is 28.1. The van der Waals surface area contributed by atoms with Gasteiger partial charge in [-0.3, -0.25) is 14.4 Å². The minimum atomic E-state index is -0.687. The molecule has 47 heavy (non-hydrogen) atoms. The van der Waals surface area contributed by atoms with E-state index < -0.39 is 12.1 Å². The Morgan fingerprint density at radius 2 is 1.62 bits per heavy atom. The van der Waals surface area contributed by atoms with Crippen molar-refractivity contribution < 1.29 is 33.3 Å². The maximum atomic E-state index is 13.8. The fraction of sp³-hybridized carbons (Fsp3) is 0.417. The van der Waals surface area contributed by atoms with Crippen molar-refractivity contribution in [3.63, 3.8) is 0 Å². The Hall–Kier alpha value is -4.93. The van der Waals surface area contributed by atoms with Gasteiger partial charge in [-0.1, -0.05) is 26.3 Å². The quantitative estimate of drug-likeness (QED) is 0.209. The first-order chi connectivity index (χ1) is 22.6. The van der Waals surface area contributed by atoms with E-state index in [4.69, 9.17) is 23.7 Å². The summed E-state index contributed by atoms with van der Waals surface area (Å²) >= 11 is 0. The van der Waals surface area contributed by atoms with Crippen LogP contribution < -0.4 is 45.1 Å². The Morgan fingerprint density at radius 1 is 0.915 bits per heavy atom. The summed E-state index contributed by atoms with van der Waals surface area (Å²) in [5, 5.41) is 9.19. The predicted octanol–water partition coefficient (Wildman–Crippen LogP) is 4.89. The minimum Gasteiger partial charge on any atom is -0.497 e. The molecule has 0 unspecified atom stereocenters. The van der Waals surface area contributed by atoms with Gasteiger partial charge in [-0.15, -0.1) is 0 Å². The number of carbonyl (C=O) groups is 2. The van der Waals surface area contributed by atoms with Crippen molar-refractivity contribution in [2.75, 3.05) is 46.9 Å². The highest BCUT2D eigenvalue weighted by Gasteiger charge is 2.30. The SMILES string of the molecule is CC[C@@H](C)[C@H](Nc1ccc2c(cc1=O)[C@@H](NC(C)=O)CCc1cc(OC)c(OC)c(OC)c1-2)C(=O)NCCOc1ccc(OC)cc1. The zero-order valence-electron chi connectivity index (χ0n) is 28.2. The molecule has 0 saturated heterocycles. The fourth-order valence-corrected chi connectivity index (χ4v) is 5.82. The third kappa shape index (κ3) is 8.08. The molecule has 1 aliphatic carbocycles. The van der Waals surface area contributed by atoms with Gasteiger partial charge in [0, 0.05) is 12.5 Å². The highest BCUT2D eigenvalue weighted by molar-refractivity contribution is 5.86. The number of nitrogens with one attached hydrogen (secondary N) is 3. The van der Waals surface area contributed by atoms with Gasteiger partial charge in [-0.25, -0.2) is 0 Å². The van der Waals surface area contributed by atoms with Gasteiger partial charge in [0.25, 0.3) is 0 Å². The first kappa shape index (κ1) is 34.9. The van der Waals surface area contributed by atoms with E-state index in [0.29, 0.717) is 53.4 Å². The number of hydrogen-bond donors (Lipinski definition) is 3. The van der Waals surface area contributed by atoms with Gasteiger partial charge in [0.1, 0.15) is 24.1 Å². The molecule has 0 fully saturated rings. The Balaban J connectivity index is 1.67. The van der Waals surface area contributed by atoms with E-state index in [1.54, 1.807) is 58.8 Å². The van der Waals surface area contributed by atoms with Crippen LogP contribution in [0.2, 0.25) is 0 Å². The molecule has 0 heterocycles. The zero-order valence-corrected chi connectivity index (χ0v) is 28.2. The summed E-state index contributed by atoms with van der Waals surface area (Å²) in [6, 6.07) is 13.0. The molecule has 0 radical (unpaired) electrons. The van der Waals surface area contributed by atoms with Gasteiger partial charge >= 0.3 is 0 Å². The number of hydrogen-bond acceptors (Lipinski definition) is 9. The molecule has 3 N–H and O–H groups in total. The van der Waals surface area contributed by atoms with E-state index in [2.05, 4.69) is 16.0 Å². The molecule has 0 aliphatic heterocycles. The van der Waals surface area contributed by atoms with Gasteiger partial charge in [-0.05, 0) is 77.9 Å². The normalized spacial score (nSPS) is 14.7. The monoisotopic (exact) mass is 647 g/mol. The number of fused-ring (bicyclic) bond motifs is 3. The lowest BCUT2D eigenvalue weighted by Crippen LogP contribution is -2.45. The van der Waals surface area contributed by atoms with Crippen LogP contribution in [0.1, 0.15) is 50.8 Å². The average Bonchev–Trinajstić information content (AvgIpc) is 3.32. The van der Waals surface area contributed by atoms with E-state index in [1.165, 1.54) is 13.0 Å². The molecule has 3 atom stereocenters. The van der Waals surface area contributed by atoms with Crippen molar-refractivity contribution in [2.45, 2.75) is 52.1 Å². The summed E-state index contributed by atoms with van der Waals surface area (Å²) in [6.07, 6.45) is 1.84. The van der Waals surface area contributed by atoms with Crippen molar-refractivity contribution in [1.29, 1.82) is 0 Å². The van der Waals surface area contributed by atoms with Gasteiger partial charge in [0.2, 0.25) is 23.0 Å². The highest BCUT2D eigenvalue weighted by Crippen LogP contribution is 2.50. The van der Waals surface area contributed by atoms with Crippen LogP contribution in [0.3, 0.4) is 0 Å². The summed E-state index contributed by atoms with van der Waals surface area (Å²) in [6.45, 7) is 5.96. The third-order valence-corrected chi connectivity index (χ3v) is 8.45. The molecular weight excluding hydrogens is 602 g/mol. The maximum Gasteiger partial charge on any atom is 0.242 e. The van der Waals surface area contributed by atoms with Crippen LogP contribution in [0.15, 0.2) is 53.3 Å². The van der Waals surface area contributed by atoms with E-state index in [1.807, 2.05) is 26.0 Å². The number of anilines is 1. The van der Waals surface area contributed by atoms with Crippen molar-refractivity contribution in [3.05, 3.63) is 69.9 Å². The topological polar surface area (TPSA) is 133 Å². The number of rotatable bonds is 14. The lowest BCUT2D eigenvalue weighted by Gasteiger charge is -2.24. The molecule has 0 bridgehead atoms. The molecular formula is C36H45N3O8. The van der Waals surface area contributed by atoms with Gasteiger partial charge in [0.05, 0.1) is 46.7 Å². The van der Waals surface area contributed by atoms with E-state index >= 15 is 0 Å². The van der Waals surface area contributed by atoms with E-state index in [0.717, 1.165) is 16.9 Å². The second kappa shape index (κ2) is 16.1. The minimum absolute atomic E-state index is 0.0927. The summed E-state index contributed by atoms with van der Waals surface area (Å²) in [4.78, 5) is 39.6. The molecule has 0 saturated carbocycles.